The summed E-state index contributed by atoms with van der Waals surface area (Å²) in [6.07, 6.45) is 11.3. The highest BCUT2D eigenvalue weighted by molar-refractivity contribution is 4.95. The summed E-state index contributed by atoms with van der Waals surface area (Å²) in [7, 11) is 0. The number of rotatable bonds is 6. The minimum absolute atomic E-state index is 0.228. The molecule has 2 atom stereocenters. The van der Waals surface area contributed by atoms with Crippen LogP contribution in [0.2, 0.25) is 0 Å². The van der Waals surface area contributed by atoms with Crippen molar-refractivity contribution in [3.8, 4) is 0 Å². The van der Waals surface area contributed by atoms with Crippen molar-refractivity contribution >= 4 is 0 Å². The molecule has 0 amide bonds. The predicted octanol–water partition coefficient (Wildman–Crippen LogP) is 4.96. The fourth-order valence-corrected chi connectivity index (χ4v) is 2.43. The van der Waals surface area contributed by atoms with Crippen molar-refractivity contribution in [2.75, 3.05) is 0 Å². The number of allylic oxidation sites excluding steroid dienone is 4. The molecule has 1 aliphatic carbocycles. The number of hydrogen-bond donors (Lipinski definition) is 0. The lowest BCUT2D eigenvalue weighted by Gasteiger charge is -2.33. The molecule has 0 aromatic heterocycles. The van der Waals surface area contributed by atoms with Gasteiger partial charge < -0.3 is 9.47 Å². The summed E-state index contributed by atoms with van der Waals surface area (Å²) in [6.45, 7) is 8.36. The maximum Gasteiger partial charge on any atom is 0.135 e. The van der Waals surface area contributed by atoms with Crippen LogP contribution >= 0.6 is 0 Å². The molecule has 1 rings (SSSR count). The Morgan fingerprint density at radius 3 is 1.56 bits per heavy atom. The highest BCUT2D eigenvalue weighted by Crippen LogP contribution is 2.28. The van der Waals surface area contributed by atoms with E-state index in [0.29, 0.717) is 0 Å². The van der Waals surface area contributed by atoms with Gasteiger partial charge in [-0.15, -0.1) is 0 Å². The van der Waals surface area contributed by atoms with E-state index < -0.39 is 0 Å². The predicted molar refractivity (Wildman–Crippen MR) is 76.3 cm³/mol. The Morgan fingerprint density at radius 1 is 0.889 bits per heavy atom. The van der Waals surface area contributed by atoms with Crippen LogP contribution in [0.4, 0.5) is 0 Å². The lowest BCUT2D eigenvalue weighted by Crippen LogP contribution is -2.34. The van der Waals surface area contributed by atoms with Crippen molar-refractivity contribution < 1.29 is 9.47 Å². The Balaban J connectivity index is 2.62. The van der Waals surface area contributed by atoms with Gasteiger partial charge in [-0.1, -0.05) is 13.8 Å². The summed E-state index contributed by atoms with van der Waals surface area (Å²) in [5, 5.41) is 0. The highest BCUT2D eigenvalue weighted by Gasteiger charge is 2.28. The fourth-order valence-electron chi connectivity index (χ4n) is 2.43. The average molecular weight is 252 g/mol. The Morgan fingerprint density at radius 2 is 1.28 bits per heavy atom. The molecule has 0 bridgehead atoms. The van der Waals surface area contributed by atoms with Gasteiger partial charge in [0, 0.05) is 12.8 Å². The number of hydrogen-bond acceptors (Lipinski definition) is 2. The van der Waals surface area contributed by atoms with Gasteiger partial charge in [-0.3, -0.25) is 0 Å². The summed E-state index contributed by atoms with van der Waals surface area (Å²) in [4.78, 5) is 0. The third kappa shape index (κ3) is 4.40. The van der Waals surface area contributed by atoms with Crippen LogP contribution in [-0.4, -0.2) is 12.2 Å². The normalized spacial score (nSPS) is 26.0. The minimum atomic E-state index is 0.228. The molecule has 0 saturated heterocycles. The van der Waals surface area contributed by atoms with Gasteiger partial charge in [0.25, 0.3) is 0 Å². The molecule has 0 N–H and O–H groups in total. The molecule has 0 spiro atoms. The van der Waals surface area contributed by atoms with Crippen LogP contribution in [0.3, 0.4) is 0 Å². The van der Waals surface area contributed by atoms with Crippen molar-refractivity contribution in [2.24, 2.45) is 0 Å². The van der Waals surface area contributed by atoms with Crippen LogP contribution in [0, 0.1) is 0 Å². The molecule has 104 valence electrons. The van der Waals surface area contributed by atoms with E-state index in [4.69, 9.17) is 9.47 Å². The fraction of sp³-hybridized carbons (Fsp3) is 0.750. The first-order chi connectivity index (χ1) is 8.74. The standard InChI is InChI=1S/C16H28O2/c1-5-13(6-2)17-15-11-9-10-12-16(15)18-14(7-3)8-4/h5,7,15-16H,6,8-12H2,1-4H3. The van der Waals surface area contributed by atoms with E-state index in [9.17, 15) is 0 Å². The maximum atomic E-state index is 6.10. The van der Waals surface area contributed by atoms with Gasteiger partial charge in [0.05, 0.1) is 11.5 Å². The summed E-state index contributed by atoms with van der Waals surface area (Å²) < 4.78 is 12.2. The molecule has 18 heavy (non-hydrogen) atoms. The van der Waals surface area contributed by atoms with E-state index >= 15 is 0 Å². The topological polar surface area (TPSA) is 18.5 Å². The van der Waals surface area contributed by atoms with Gasteiger partial charge in [0.1, 0.15) is 12.2 Å². The van der Waals surface area contributed by atoms with E-state index in [2.05, 4.69) is 26.0 Å². The van der Waals surface area contributed by atoms with Crippen LogP contribution in [-0.2, 0) is 9.47 Å². The molecule has 2 heteroatoms. The molecule has 2 nitrogen and oxygen atoms in total. The van der Waals surface area contributed by atoms with Crippen molar-refractivity contribution in [1.29, 1.82) is 0 Å². The van der Waals surface area contributed by atoms with Crippen molar-refractivity contribution in [3.63, 3.8) is 0 Å². The van der Waals surface area contributed by atoms with Crippen LogP contribution in [0.5, 0.6) is 0 Å². The van der Waals surface area contributed by atoms with Crippen LogP contribution < -0.4 is 0 Å². The van der Waals surface area contributed by atoms with E-state index in [1.165, 1.54) is 12.8 Å². The summed E-state index contributed by atoms with van der Waals surface area (Å²) in [6, 6.07) is 0. The molecule has 2 unspecified atom stereocenters. The van der Waals surface area contributed by atoms with Crippen LogP contribution in [0.25, 0.3) is 0 Å². The van der Waals surface area contributed by atoms with Gasteiger partial charge in [-0.2, -0.15) is 0 Å². The van der Waals surface area contributed by atoms with Gasteiger partial charge >= 0.3 is 0 Å². The van der Waals surface area contributed by atoms with E-state index in [1.54, 1.807) is 0 Å². The third-order valence-electron chi connectivity index (χ3n) is 3.59. The second-order valence-electron chi connectivity index (χ2n) is 4.81. The first-order valence-electron chi connectivity index (χ1n) is 7.38. The van der Waals surface area contributed by atoms with E-state index in [0.717, 1.165) is 37.2 Å². The molecule has 0 radical (unpaired) electrons. The molecular weight excluding hydrogens is 224 g/mol. The van der Waals surface area contributed by atoms with Crippen molar-refractivity contribution in [2.45, 2.75) is 78.4 Å². The first kappa shape index (κ1) is 15.1. The molecule has 0 heterocycles. The average Bonchev–Trinajstić information content (AvgIpc) is 2.43. The SMILES string of the molecule is CC=C(CC)OC1CCCCC1OC(=CC)CC. The number of ether oxygens (including phenoxy) is 2. The molecule has 1 fully saturated rings. The maximum absolute atomic E-state index is 6.10. The highest BCUT2D eigenvalue weighted by atomic mass is 16.5. The Bertz CT molecular complexity index is 261. The van der Waals surface area contributed by atoms with Crippen LogP contribution in [0.1, 0.15) is 66.2 Å². The Hall–Kier alpha value is -0.920. The van der Waals surface area contributed by atoms with Gasteiger partial charge in [-0.25, -0.2) is 0 Å². The minimum Gasteiger partial charge on any atom is -0.491 e. The van der Waals surface area contributed by atoms with E-state index in [-0.39, 0.29) is 12.2 Å². The molecule has 1 aliphatic rings. The van der Waals surface area contributed by atoms with Crippen molar-refractivity contribution in [1.82, 2.24) is 0 Å². The van der Waals surface area contributed by atoms with Gasteiger partial charge in [-0.05, 0) is 51.7 Å². The molecule has 1 saturated carbocycles. The smallest absolute Gasteiger partial charge is 0.135 e. The molecule has 0 aromatic rings. The zero-order chi connectivity index (χ0) is 13.4. The zero-order valence-electron chi connectivity index (χ0n) is 12.4. The quantitative estimate of drug-likeness (QED) is 0.622. The Kier molecular flexibility index (Phi) is 6.92. The van der Waals surface area contributed by atoms with Crippen molar-refractivity contribution in [3.05, 3.63) is 23.7 Å². The second kappa shape index (κ2) is 8.23. The molecular formula is C16H28O2. The summed E-state index contributed by atoms with van der Waals surface area (Å²) in [5.41, 5.74) is 0. The zero-order valence-corrected chi connectivity index (χ0v) is 12.4. The summed E-state index contributed by atoms with van der Waals surface area (Å²) >= 11 is 0. The first-order valence-corrected chi connectivity index (χ1v) is 7.38. The largest absolute Gasteiger partial charge is 0.491 e. The summed E-state index contributed by atoms with van der Waals surface area (Å²) in [5.74, 6) is 2.18. The lowest BCUT2D eigenvalue weighted by molar-refractivity contribution is -0.0491. The lowest BCUT2D eigenvalue weighted by atomic mass is 9.94. The monoisotopic (exact) mass is 252 g/mol. The van der Waals surface area contributed by atoms with Crippen LogP contribution in [0.15, 0.2) is 23.7 Å². The second-order valence-corrected chi connectivity index (χ2v) is 4.81. The van der Waals surface area contributed by atoms with Gasteiger partial charge in [0.15, 0.2) is 0 Å². The molecule has 0 aromatic carbocycles. The van der Waals surface area contributed by atoms with Gasteiger partial charge in [0.2, 0.25) is 0 Å². The van der Waals surface area contributed by atoms with E-state index in [1.807, 2.05) is 13.8 Å². The Labute approximate surface area is 112 Å². The third-order valence-corrected chi connectivity index (χ3v) is 3.59. The molecule has 0 aliphatic heterocycles.